The van der Waals surface area contributed by atoms with E-state index in [9.17, 15) is 0 Å². The molecule has 1 aromatic rings. The molecule has 2 rings (SSSR count). The number of aryl methyl sites for hydroxylation is 1. The van der Waals surface area contributed by atoms with Gasteiger partial charge in [-0.1, -0.05) is 19.9 Å². The number of nitrogens with zero attached hydrogens (tertiary/aromatic N) is 1. The molecule has 0 aliphatic carbocycles. The Bertz CT molecular complexity index is 437. The molecule has 0 atom stereocenters. The molecule has 1 saturated heterocycles. The molecule has 0 amide bonds. The quantitative estimate of drug-likeness (QED) is 0.868. The van der Waals surface area contributed by atoms with Crippen molar-refractivity contribution >= 4 is 5.69 Å². The highest BCUT2D eigenvalue weighted by molar-refractivity contribution is 5.51. The summed E-state index contributed by atoms with van der Waals surface area (Å²) in [7, 11) is 0. The van der Waals surface area contributed by atoms with Gasteiger partial charge in [-0.3, -0.25) is 0 Å². The van der Waals surface area contributed by atoms with Crippen molar-refractivity contribution in [3.63, 3.8) is 0 Å². The van der Waals surface area contributed by atoms with Crippen LogP contribution in [0, 0.1) is 6.92 Å². The number of anilines is 1. The minimum Gasteiger partial charge on any atom is -0.378 e. The van der Waals surface area contributed by atoms with Gasteiger partial charge in [0, 0.05) is 38.0 Å². The zero-order valence-corrected chi connectivity index (χ0v) is 14.0. The van der Waals surface area contributed by atoms with E-state index in [-0.39, 0.29) is 0 Å². The molecule has 0 bridgehead atoms. The summed E-state index contributed by atoms with van der Waals surface area (Å²) < 4.78 is 5.73. The number of rotatable bonds is 6. The molecule has 1 fully saturated rings. The Labute approximate surface area is 129 Å². The molecular weight excluding hydrogens is 260 g/mol. The highest BCUT2D eigenvalue weighted by atomic mass is 16.5. The molecular formula is C18H30N2O. The summed E-state index contributed by atoms with van der Waals surface area (Å²) in [6.45, 7) is 12.7. The molecule has 0 radical (unpaired) electrons. The zero-order valence-electron chi connectivity index (χ0n) is 14.0. The molecule has 21 heavy (non-hydrogen) atoms. The van der Waals surface area contributed by atoms with Crippen molar-refractivity contribution in [3.05, 3.63) is 29.3 Å². The first-order valence-electron chi connectivity index (χ1n) is 8.29. The van der Waals surface area contributed by atoms with Crippen molar-refractivity contribution in [2.75, 3.05) is 24.6 Å². The van der Waals surface area contributed by atoms with E-state index in [1.54, 1.807) is 0 Å². The van der Waals surface area contributed by atoms with E-state index in [0.717, 1.165) is 39.1 Å². The predicted molar refractivity (Wildman–Crippen MR) is 90.0 cm³/mol. The number of benzene rings is 1. The average molecular weight is 290 g/mol. The van der Waals surface area contributed by atoms with E-state index >= 15 is 0 Å². The summed E-state index contributed by atoms with van der Waals surface area (Å²) in [6, 6.07) is 7.40. The highest BCUT2D eigenvalue weighted by Crippen LogP contribution is 2.24. The maximum Gasteiger partial charge on any atom is 0.0608 e. The van der Waals surface area contributed by atoms with Crippen LogP contribution in [-0.2, 0) is 11.3 Å². The summed E-state index contributed by atoms with van der Waals surface area (Å²) in [4.78, 5) is 2.49. The van der Waals surface area contributed by atoms with Crippen LogP contribution in [-0.4, -0.2) is 31.8 Å². The minimum absolute atomic E-state index is 0.460. The van der Waals surface area contributed by atoms with Crippen LogP contribution in [0.1, 0.15) is 44.7 Å². The monoisotopic (exact) mass is 290 g/mol. The van der Waals surface area contributed by atoms with Crippen molar-refractivity contribution in [2.24, 2.45) is 0 Å². The second-order valence-electron chi connectivity index (χ2n) is 6.29. The molecule has 1 aromatic carbocycles. The first-order valence-corrected chi connectivity index (χ1v) is 8.29. The summed E-state index contributed by atoms with van der Waals surface area (Å²) in [5, 5.41) is 3.49. The summed E-state index contributed by atoms with van der Waals surface area (Å²) in [6.07, 6.45) is 2.74. The average Bonchev–Trinajstić information content (AvgIpc) is 2.47. The van der Waals surface area contributed by atoms with E-state index in [2.05, 4.69) is 56.1 Å². The van der Waals surface area contributed by atoms with E-state index < -0.39 is 0 Å². The fourth-order valence-electron chi connectivity index (χ4n) is 2.91. The van der Waals surface area contributed by atoms with Gasteiger partial charge in [0.2, 0.25) is 0 Å². The van der Waals surface area contributed by atoms with Crippen LogP contribution in [0.3, 0.4) is 0 Å². The third-order valence-electron chi connectivity index (χ3n) is 4.24. The topological polar surface area (TPSA) is 24.5 Å². The van der Waals surface area contributed by atoms with Crippen LogP contribution in [0.25, 0.3) is 0 Å². The first-order chi connectivity index (χ1) is 10.1. The summed E-state index contributed by atoms with van der Waals surface area (Å²) in [5.41, 5.74) is 4.14. The number of nitrogens with one attached hydrogen (secondary N) is 1. The molecule has 1 N–H and O–H groups in total. The van der Waals surface area contributed by atoms with Crippen molar-refractivity contribution < 1.29 is 4.74 Å². The Morgan fingerprint density at radius 2 is 2.00 bits per heavy atom. The Kier molecular flexibility index (Phi) is 6.07. The predicted octanol–water partition coefficient (Wildman–Crippen LogP) is 3.50. The molecule has 0 aromatic heterocycles. The fraction of sp³-hybridized carbons (Fsp3) is 0.667. The molecule has 3 nitrogen and oxygen atoms in total. The molecule has 0 saturated carbocycles. The summed E-state index contributed by atoms with van der Waals surface area (Å²) in [5.74, 6) is 0. The molecule has 118 valence electrons. The van der Waals surface area contributed by atoms with Crippen LogP contribution >= 0.6 is 0 Å². The fourth-order valence-corrected chi connectivity index (χ4v) is 2.91. The Morgan fingerprint density at radius 3 is 2.57 bits per heavy atom. The second kappa shape index (κ2) is 7.81. The van der Waals surface area contributed by atoms with Crippen molar-refractivity contribution in [1.82, 2.24) is 5.32 Å². The third-order valence-corrected chi connectivity index (χ3v) is 4.24. The van der Waals surface area contributed by atoms with Gasteiger partial charge in [0.1, 0.15) is 0 Å². The van der Waals surface area contributed by atoms with Crippen molar-refractivity contribution in [2.45, 2.75) is 59.2 Å². The number of hydrogen-bond donors (Lipinski definition) is 1. The van der Waals surface area contributed by atoms with Crippen LogP contribution in [0.15, 0.2) is 18.2 Å². The number of ether oxygens (including phenoxy) is 1. The summed E-state index contributed by atoms with van der Waals surface area (Å²) >= 11 is 0. The zero-order chi connectivity index (χ0) is 15.2. The van der Waals surface area contributed by atoms with Crippen LogP contribution < -0.4 is 10.2 Å². The molecule has 0 unspecified atom stereocenters. The Hall–Kier alpha value is -1.06. The number of piperidine rings is 1. The Balaban J connectivity index is 1.94. The van der Waals surface area contributed by atoms with Crippen LogP contribution in [0.2, 0.25) is 0 Å². The SMILES string of the molecule is CCOC1CCN(c2ccc(CNC(C)C)c(C)c2)CC1. The van der Waals surface area contributed by atoms with Gasteiger partial charge in [0.25, 0.3) is 0 Å². The largest absolute Gasteiger partial charge is 0.378 e. The lowest BCUT2D eigenvalue weighted by molar-refractivity contribution is 0.0459. The van der Waals surface area contributed by atoms with Crippen molar-refractivity contribution in [1.29, 1.82) is 0 Å². The highest BCUT2D eigenvalue weighted by Gasteiger charge is 2.19. The molecule has 1 heterocycles. The van der Waals surface area contributed by atoms with Crippen molar-refractivity contribution in [3.8, 4) is 0 Å². The smallest absolute Gasteiger partial charge is 0.0608 e. The lowest BCUT2D eigenvalue weighted by Crippen LogP contribution is -2.37. The third kappa shape index (κ3) is 4.72. The first kappa shape index (κ1) is 16.3. The standard InChI is InChI=1S/C18H30N2O/c1-5-21-18-8-10-20(11-9-18)17-7-6-16(15(4)12-17)13-19-14(2)3/h6-7,12,14,18-19H,5,8-11,13H2,1-4H3. The van der Waals surface area contributed by atoms with Gasteiger partial charge in [-0.05, 0) is 49.9 Å². The van der Waals surface area contributed by atoms with Gasteiger partial charge in [0.05, 0.1) is 6.10 Å². The minimum atomic E-state index is 0.460. The normalized spacial score (nSPS) is 16.7. The van der Waals surface area contributed by atoms with E-state index in [1.807, 2.05) is 0 Å². The van der Waals surface area contributed by atoms with Gasteiger partial charge < -0.3 is 15.0 Å². The van der Waals surface area contributed by atoms with Crippen LogP contribution in [0.4, 0.5) is 5.69 Å². The molecule has 1 aliphatic heterocycles. The van der Waals surface area contributed by atoms with E-state index in [0.29, 0.717) is 12.1 Å². The number of hydrogen-bond acceptors (Lipinski definition) is 3. The Morgan fingerprint density at radius 1 is 1.29 bits per heavy atom. The van der Waals surface area contributed by atoms with Gasteiger partial charge in [0.15, 0.2) is 0 Å². The van der Waals surface area contributed by atoms with E-state index in [4.69, 9.17) is 4.74 Å². The van der Waals surface area contributed by atoms with Gasteiger partial charge in [-0.2, -0.15) is 0 Å². The van der Waals surface area contributed by atoms with Gasteiger partial charge in [-0.25, -0.2) is 0 Å². The van der Waals surface area contributed by atoms with Crippen LogP contribution in [0.5, 0.6) is 0 Å². The maximum absolute atomic E-state index is 5.73. The van der Waals surface area contributed by atoms with Gasteiger partial charge in [-0.15, -0.1) is 0 Å². The van der Waals surface area contributed by atoms with Gasteiger partial charge >= 0.3 is 0 Å². The second-order valence-corrected chi connectivity index (χ2v) is 6.29. The molecule has 3 heteroatoms. The lowest BCUT2D eigenvalue weighted by Gasteiger charge is -2.33. The lowest BCUT2D eigenvalue weighted by atomic mass is 10.0. The maximum atomic E-state index is 5.73. The van der Waals surface area contributed by atoms with E-state index in [1.165, 1.54) is 16.8 Å². The molecule has 1 aliphatic rings. The molecule has 0 spiro atoms.